The van der Waals surface area contributed by atoms with E-state index in [1.165, 1.54) is 33.5 Å². The van der Waals surface area contributed by atoms with E-state index in [4.69, 9.17) is 18.9 Å². The van der Waals surface area contributed by atoms with Gasteiger partial charge < -0.3 is 29.4 Å². The number of benzene rings is 2. The zero-order valence-electron chi connectivity index (χ0n) is 15.6. The van der Waals surface area contributed by atoms with Crippen molar-refractivity contribution in [2.75, 3.05) is 27.9 Å². The molecule has 2 rings (SSSR count). The number of hydrogen-bond acceptors (Lipinski definition) is 7. The van der Waals surface area contributed by atoms with Gasteiger partial charge in [0.1, 0.15) is 17.1 Å². The summed E-state index contributed by atoms with van der Waals surface area (Å²) >= 11 is 3.20. The summed E-state index contributed by atoms with van der Waals surface area (Å²) in [6, 6.07) is 7.67. The van der Waals surface area contributed by atoms with Gasteiger partial charge in [0.15, 0.2) is 18.1 Å². The fourth-order valence-electron chi connectivity index (χ4n) is 2.36. The number of phenolic OH excluding ortho intramolecular Hbond substituents is 1. The van der Waals surface area contributed by atoms with Crippen LogP contribution in [0.5, 0.6) is 23.0 Å². The van der Waals surface area contributed by atoms with Crippen LogP contribution in [0.1, 0.15) is 15.9 Å². The van der Waals surface area contributed by atoms with Crippen molar-refractivity contribution in [2.45, 2.75) is 6.54 Å². The third-order valence-corrected chi connectivity index (χ3v) is 4.27. The Morgan fingerprint density at radius 2 is 1.64 bits per heavy atom. The Hall–Kier alpha value is -2.94. The van der Waals surface area contributed by atoms with Crippen LogP contribution in [0.2, 0.25) is 0 Å². The number of carbonyl (C=O) groups is 2. The molecule has 0 aliphatic heterocycles. The summed E-state index contributed by atoms with van der Waals surface area (Å²) < 4.78 is 21.3. The highest BCUT2D eigenvalue weighted by Crippen LogP contribution is 2.34. The van der Waals surface area contributed by atoms with E-state index in [-0.39, 0.29) is 17.9 Å². The van der Waals surface area contributed by atoms with Crippen molar-refractivity contribution in [2.24, 2.45) is 0 Å². The van der Waals surface area contributed by atoms with E-state index >= 15 is 0 Å². The molecule has 9 heteroatoms. The Labute approximate surface area is 170 Å². The third kappa shape index (κ3) is 5.29. The minimum absolute atomic E-state index is 0.0382. The molecule has 2 N–H and O–H groups in total. The average Bonchev–Trinajstić information content (AvgIpc) is 2.71. The van der Waals surface area contributed by atoms with Gasteiger partial charge in [0, 0.05) is 22.6 Å². The molecule has 0 saturated carbocycles. The van der Waals surface area contributed by atoms with Crippen LogP contribution in [0.25, 0.3) is 0 Å². The zero-order valence-corrected chi connectivity index (χ0v) is 17.2. The largest absolute Gasteiger partial charge is 0.507 e. The fourth-order valence-corrected chi connectivity index (χ4v) is 2.72. The Morgan fingerprint density at radius 3 is 2.29 bits per heavy atom. The van der Waals surface area contributed by atoms with Crippen LogP contribution in [0.4, 0.5) is 0 Å². The van der Waals surface area contributed by atoms with Crippen LogP contribution in [0.3, 0.4) is 0 Å². The Kier molecular flexibility index (Phi) is 7.51. The SMILES string of the molecule is COc1cc(OC)c(OC)cc1CNC(=O)COC(=O)c1cc(Br)ccc1O. The highest BCUT2D eigenvalue weighted by atomic mass is 79.9. The van der Waals surface area contributed by atoms with E-state index < -0.39 is 18.5 Å². The molecule has 0 bridgehead atoms. The van der Waals surface area contributed by atoms with Crippen molar-refractivity contribution in [3.63, 3.8) is 0 Å². The van der Waals surface area contributed by atoms with E-state index in [1.54, 1.807) is 18.2 Å². The van der Waals surface area contributed by atoms with Crippen LogP contribution < -0.4 is 19.5 Å². The molecule has 1 amide bonds. The number of halogens is 1. The first-order valence-electron chi connectivity index (χ1n) is 8.10. The second-order valence-corrected chi connectivity index (χ2v) is 6.45. The monoisotopic (exact) mass is 453 g/mol. The van der Waals surface area contributed by atoms with Crippen LogP contribution in [-0.4, -0.2) is 44.9 Å². The molecular formula is C19H20BrNO7. The maximum absolute atomic E-state index is 12.0. The molecule has 2 aromatic rings. The maximum Gasteiger partial charge on any atom is 0.342 e. The lowest BCUT2D eigenvalue weighted by molar-refractivity contribution is -0.124. The van der Waals surface area contributed by atoms with E-state index in [1.807, 2.05) is 0 Å². The molecule has 28 heavy (non-hydrogen) atoms. The molecule has 0 aromatic heterocycles. The van der Waals surface area contributed by atoms with Crippen LogP contribution in [0.15, 0.2) is 34.8 Å². The van der Waals surface area contributed by atoms with Crippen molar-refractivity contribution in [3.05, 3.63) is 45.9 Å². The zero-order chi connectivity index (χ0) is 20.7. The number of ether oxygens (including phenoxy) is 4. The highest BCUT2D eigenvalue weighted by Gasteiger charge is 2.16. The van der Waals surface area contributed by atoms with Crippen LogP contribution in [-0.2, 0) is 16.1 Å². The van der Waals surface area contributed by atoms with Crippen molar-refractivity contribution < 1.29 is 33.6 Å². The fraction of sp³-hybridized carbons (Fsp3) is 0.263. The lowest BCUT2D eigenvalue weighted by atomic mass is 10.1. The molecule has 0 fully saturated rings. The number of rotatable bonds is 8. The lowest BCUT2D eigenvalue weighted by Crippen LogP contribution is -2.28. The summed E-state index contributed by atoms with van der Waals surface area (Å²) in [6.07, 6.45) is 0. The van der Waals surface area contributed by atoms with Gasteiger partial charge in [0.25, 0.3) is 5.91 Å². The minimum Gasteiger partial charge on any atom is -0.507 e. The third-order valence-electron chi connectivity index (χ3n) is 3.78. The second-order valence-electron chi connectivity index (χ2n) is 5.53. The smallest absolute Gasteiger partial charge is 0.342 e. The predicted octanol–water partition coefficient (Wildman–Crippen LogP) is 2.65. The standard InChI is InChI=1S/C19H20BrNO7/c1-25-15-8-17(27-3)16(26-2)6-11(15)9-21-18(23)10-28-19(24)13-7-12(20)4-5-14(13)22/h4-8,22H,9-10H2,1-3H3,(H,21,23). The summed E-state index contributed by atoms with van der Waals surface area (Å²) in [5.74, 6) is -0.0590. The topological polar surface area (TPSA) is 103 Å². The average molecular weight is 454 g/mol. The molecule has 8 nitrogen and oxygen atoms in total. The summed E-state index contributed by atoms with van der Waals surface area (Å²) in [7, 11) is 4.51. The Bertz CT molecular complexity index is 870. The quantitative estimate of drug-likeness (QED) is 0.592. The molecule has 0 heterocycles. The predicted molar refractivity (Wildman–Crippen MR) is 104 cm³/mol. The normalized spacial score (nSPS) is 10.1. The Morgan fingerprint density at radius 1 is 1.00 bits per heavy atom. The second kappa shape index (κ2) is 9.84. The molecular weight excluding hydrogens is 434 g/mol. The van der Waals surface area contributed by atoms with E-state index in [0.29, 0.717) is 27.3 Å². The number of hydrogen-bond donors (Lipinski definition) is 2. The number of nitrogens with one attached hydrogen (secondary N) is 1. The van der Waals surface area contributed by atoms with Gasteiger partial charge in [-0.15, -0.1) is 0 Å². The van der Waals surface area contributed by atoms with Crippen molar-refractivity contribution in [1.82, 2.24) is 5.32 Å². The Balaban J connectivity index is 1.97. The number of methoxy groups -OCH3 is 3. The number of aromatic hydroxyl groups is 1. The molecule has 150 valence electrons. The van der Waals surface area contributed by atoms with Gasteiger partial charge in [-0.25, -0.2) is 4.79 Å². The van der Waals surface area contributed by atoms with Crippen molar-refractivity contribution in [1.29, 1.82) is 0 Å². The molecule has 0 aliphatic rings. The number of amides is 1. The molecule has 0 spiro atoms. The van der Waals surface area contributed by atoms with Gasteiger partial charge >= 0.3 is 5.97 Å². The first-order chi connectivity index (χ1) is 13.4. The van der Waals surface area contributed by atoms with E-state index in [0.717, 1.165) is 0 Å². The summed E-state index contributed by atoms with van der Waals surface area (Å²) in [5.41, 5.74) is 0.619. The van der Waals surface area contributed by atoms with Gasteiger partial charge in [-0.2, -0.15) is 0 Å². The van der Waals surface area contributed by atoms with Crippen molar-refractivity contribution >= 4 is 27.8 Å². The summed E-state index contributed by atoms with van der Waals surface area (Å²) in [4.78, 5) is 24.0. The molecule has 0 unspecified atom stereocenters. The molecule has 0 saturated heterocycles. The van der Waals surface area contributed by atoms with E-state index in [9.17, 15) is 14.7 Å². The highest BCUT2D eigenvalue weighted by molar-refractivity contribution is 9.10. The number of phenols is 1. The van der Waals surface area contributed by atoms with Crippen LogP contribution >= 0.6 is 15.9 Å². The molecule has 2 aromatic carbocycles. The summed E-state index contributed by atoms with van der Waals surface area (Å²) in [5, 5.41) is 12.3. The van der Waals surface area contributed by atoms with Crippen LogP contribution in [0, 0.1) is 0 Å². The maximum atomic E-state index is 12.0. The summed E-state index contributed by atoms with van der Waals surface area (Å²) in [6.45, 7) is -0.373. The van der Waals surface area contributed by atoms with Crippen molar-refractivity contribution in [3.8, 4) is 23.0 Å². The molecule has 0 aliphatic carbocycles. The molecule has 0 radical (unpaired) electrons. The van der Waals surface area contributed by atoms with Gasteiger partial charge in [-0.05, 0) is 24.3 Å². The number of esters is 1. The number of carbonyl (C=O) groups excluding carboxylic acids is 2. The van der Waals surface area contributed by atoms with Gasteiger partial charge in [0.2, 0.25) is 0 Å². The lowest BCUT2D eigenvalue weighted by Gasteiger charge is -2.14. The van der Waals surface area contributed by atoms with Gasteiger partial charge in [-0.1, -0.05) is 15.9 Å². The van der Waals surface area contributed by atoms with Gasteiger partial charge in [-0.3, -0.25) is 4.79 Å². The minimum atomic E-state index is -0.808. The van der Waals surface area contributed by atoms with Gasteiger partial charge in [0.05, 0.1) is 21.3 Å². The first kappa shape index (κ1) is 21.4. The van der Waals surface area contributed by atoms with E-state index in [2.05, 4.69) is 21.2 Å². The first-order valence-corrected chi connectivity index (χ1v) is 8.90. The molecule has 0 atom stereocenters.